The summed E-state index contributed by atoms with van der Waals surface area (Å²) < 4.78 is 5.64. The van der Waals surface area contributed by atoms with Crippen LogP contribution in [0.4, 0.5) is 0 Å². The number of nitrogens with two attached hydrogens (primary N) is 1. The Morgan fingerprint density at radius 3 is 2.38 bits per heavy atom. The molecule has 1 heterocycles. The molecule has 16 heavy (non-hydrogen) atoms. The van der Waals surface area contributed by atoms with Crippen molar-refractivity contribution >= 4 is 0 Å². The summed E-state index contributed by atoms with van der Waals surface area (Å²) in [6, 6.07) is 1.83. The zero-order valence-corrected chi connectivity index (χ0v) is 10.6. The lowest BCUT2D eigenvalue weighted by Crippen LogP contribution is -2.44. The first kappa shape index (κ1) is 12.9. The largest absolute Gasteiger partial charge is 0.476 e. The second-order valence-corrected chi connectivity index (χ2v) is 4.25. The maximum absolute atomic E-state index is 6.15. The second-order valence-electron chi connectivity index (χ2n) is 4.25. The van der Waals surface area contributed by atoms with Crippen molar-refractivity contribution < 1.29 is 4.74 Å². The standard InChI is InChI=1S/C12H21N3O/c1-5-12(13,6-2)8-16-11-7-9(3)14-10(4)15-11/h7H,5-6,8,13H2,1-4H3. The zero-order valence-electron chi connectivity index (χ0n) is 10.6. The SMILES string of the molecule is CCC(N)(CC)COc1cc(C)nc(C)n1. The lowest BCUT2D eigenvalue weighted by atomic mass is 9.96. The van der Waals surface area contributed by atoms with Gasteiger partial charge in [0.2, 0.25) is 5.88 Å². The van der Waals surface area contributed by atoms with Crippen LogP contribution in [0.3, 0.4) is 0 Å². The summed E-state index contributed by atoms with van der Waals surface area (Å²) in [5.74, 6) is 1.34. The molecule has 0 atom stereocenters. The monoisotopic (exact) mass is 223 g/mol. The summed E-state index contributed by atoms with van der Waals surface area (Å²) in [6.07, 6.45) is 1.79. The van der Waals surface area contributed by atoms with Crippen LogP contribution in [0.2, 0.25) is 0 Å². The van der Waals surface area contributed by atoms with Gasteiger partial charge in [-0.3, -0.25) is 0 Å². The summed E-state index contributed by atoms with van der Waals surface area (Å²) in [5, 5.41) is 0. The number of nitrogens with zero attached hydrogens (tertiary/aromatic N) is 2. The minimum Gasteiger partial charge on any atom is -0.476 e. The number of rotatable bonds is 5. The number of ether oxygens (including phenoxy) is 1. The molecule has 4 heteroatoms. The zero-order chi connectivity index (χ0) is 12.2. The predicted octanol–water partition coefficient (Wildman–Crippen LogP) is 1.99. The molecular weight excluding hydrogens is 202 g/mol. The van der Waals surface area contributed by atoms with Crippen LogP contribution in [0.25, 0.3) is 0 Å². The highest BCUT2D eigenvalue weighted by atomic mass is 16.5. The third kappa shape index (κ3) is 3.45. The summed E-state index contributed by atoms with van der Waals surface area (Å²) in [6.45, 7) is 8.43. The van der Waals surface area contributed by atoms with E-state index in [2.05, 4.69) is 23.8 Å². The summed E-state index contributed by atoms with van der Waals surface area (Å²) >= 11 is 0. The molecule has 2 N–H and O–H groups in total. The van der Waals surface area contributed by atoms with E-state index < -0.39 is 0 Å². The van der Waals surface area contributed by atoms with Crippen molar-refractivity contribution in [2.75, 3.05) is 6.61 Å². The van der Waals surface area contributed by atoms with E-state index >= 15 is 0 Å². The number of aromatic nitrogens is 2. The van der Waals surface area contributed by atoms with Gasteiger partial charge in [-0.25, -0.2) is 4.98 Å². The van der Waals surface area contributed by atoms with E-state index in [9.17, 15) is 0 Å². The van der Waals surface area contributed by atoms with E-state index in [0.717, 1.165) is 24.4 Å². The van der Waals surface area contributed by atoms with Gasteiger partial charge in [-0.2, -0.15) is 4.98 Å². The van der Waals surface area contributed by atoms with E-state index in [4.69, 9.17) is 10.5 Å². The minimum absolute atomic E-state index is 0.257. The van der Waals surface area contributed by atoms with Gasteiger partial charge in [0.1, 0.15) is 12.4 Å². The second kappa shape index (κ2) is 5.25. The van der Waals surface area contributed by atoms with Gasteiger partial charge in [-0.1, -0.05) is 13.8 Å². The number of hydrogen-bond donors (Lipinski definition) is 1. The maximum Gasteiger partial charge on any atom is 0.216 e. The lowest BCUT2D eigenvalue weighted by Gasteiger charge is -2.26. The first-order valence-electron chi connectivity index (χ1n) is 5.73. The molecule has 1 aromatic heterocycles. The normalized spacial score (nSPS) is 11.6. The maximum atomic E-state index is 6.15. The Hall–Kier alpha value is -1.16. The van der Waals surface area contributed by atoms with Gasteiger partial charge < -0.3 is 10.5 Å². The highest BCUT2D eigenvalue weighted by Gasteiger charge is 2.21. The first-order chi connectivity index (χ1) is 7.49. The van der Waals surface area contributed by atoms with E-state index in [0.29, 0.717) is 12.5 Å². The third-order valence-corrected chi connectivity index (χ3v) is 2.86. The van der Waals surface area contributed by atoms with Crippen LogP contribution < -0.4 is 10.5 Å². The molecule has 0 saturated heterocycles. The fourth-order valence-corrected chi connectivity index (χ4v) is 1.43. The molecule has 0 aliphatic carbocycles. The Morgan fingerprint density at radius 1 is 1.25 bits per heavy atom. The average molecular weight is 223 g/mol. The van der Waals surface area contributed by atoms with Crippen molar-refractivity contribution in [3.05, 3.63) is 17.6 Å². The van der Waals surface area contributed by atoms with Gasteiger partial charge in [0.05, 0.1) is 0 Å². The highest BCUT2D eigenvalue weighted by Crippen LogP contribution is 2.15. The van der Waals surface area contributed by atoms with E-state index in [1.54, 1.807) is 0 Å². The lowest BCUT2D eigenvalue weighted by molar-refractivity contribution is 0.200. The predicted molar refractivity (Wildman–Crippen MR) is 64.5 cm³/mol. The molecule has 0 spiro atoms. The Labute approximate surface area is 97.2 Å². The molecule has 0 radical (unpaired) electrons. The van der Waals surface area contributed by atoms with Gasteiger partial charge >= 0.3 is 0 Å². The van der Waals surface area contributed by atoms with Crippen LogP contribution >= 0.6 is 0 Å². The molecule has 0 aromatic carbocycles. The number of aryl methyl sites for hydroxylation is 2. The van der Waals surface area contributed by atoms with Crippen LogP contribution in [0.1, 0.15) is 38.2 Å². The molecule has 1 aromatic rings. The Balaban J connectivity index is 2.67. The molecule has 0 fully saturated rings. The first-order valence-corrected chi connectivity index (χ1v) is 5.73. The van der Waals surface area contributed by atoms with Gasteiger partial charge in [0.25, 0.3) is 0 Å². The van der Waals surface area contributed by atoms with Crippen molar-refractivity contribution in [1.29, 1.82) is 0 Å². The molecule has 90 valence electrons. The molecule has 0 saturated carbocycles. The summed E-state index contributed by atoms with van der Waals surface area (Å²) in [7, 11) is 0. The van der Waals surface area contributed by atoms with Crippen molar-refractivity contribution in [1.82, 2.24) is 9.97 Å². The third-order valence-electron chi connectivity index (χ3n) is 2.86. The van der Waals surface area contributed by atoms with Crippen molar-refractivity contribution in [2.45, 2.75) is 46.1 Å². The van der Waals surface area contributed by atoms with Gasteiger partial charge in [0, 0.05) is 17.3 Å². The summed E-state index contributed by atoms with van der Waals surface area (Å²) in [5.41, 5.74) is 6.81. The van der Waals surface area contributed by atoms with Crippen LogP contribution in [0.15, 0.2) is 6.07 Å². The van der Waals surface area contributed by atoms with Crippen LogP contribution in [0.5, 0.6) is 5.88 Å². The van der Waals surface area contributed by atoms with Gasteiger partial charge in [0.15, 0.2) is 0 Å². The Bertz CT molecular complexity index is 328. The van der Waals surface area contributed by atoms with Gasteiger partial charge in [-0.05, 0) is 26.7 Å². The van der Waals surface area contributed by atoms with Crippen LogP contribution in [-0.2, 0) is 0 Å². The Kier molecular flexibility index (Phi) is 4.24. The van der Waals surface area contributed by atoms with Crippen molar-refractivity contribution in [2.24, 2.45) is 5.73 Å². The molecule has 0 amide bonds. The number of hydrogen-bond acceptors (Lipinski definition) is 4. The van der Waals surface area contributed by atoms with E-state index in [-0.39, 0.29) is 5.54 Å². The quantitative estimate of drug-likeness (QED) is 0.829. The molecule has 1 rings (SSSR count). The van der Waals surface area contributed by atoms with Crippen LogP contribution in [-0.4, -0.2) is 22.1 Å². The Morgan fingerprint density at radius 2 is 1.88 bits per heavy atom. The molecule has 0 unspecified atom stereocenters. The summed E-state index contributed by atoms with van der Waals surface area (Å²) in [4.78, 5) is 8.41. The molecule has 0 aliphatic heterocycles. The topological polar surface area (TPSA) is 61.0 Å². The fourth-order valence-electron chi connectivity index (χ4n) is 1.43. The molecule has 0 aliphatic rings. The van der Waals surface area contributed by atoms with Crippen molar-refractivity contribution in [3.8, 4) is 5.88 Å². The van der Waals surface area contributed by atoms with Crippen molar-refractivity contribution in [3.63, 3.8) is 0 Å². The average Bonchev–Trinajstić information content (AvgIpc) is 2.25. The smallest absolute Gasteiger partial charge is 0.216 e. The molecule has 4 nitrogen and oxygen atoms in total. The van der Waals surface area contributed by atoms with E-state index in [1.807, 2.05) is 19.9 Å². The van der Waals surface area contributed by atoms with Gasteiger partial charge in [-0.15, -0.1) is 0 Å². The molecular formula is C12H21N3O. The fraction of sp³-hybridized carbons (Fsp3) is 0.667. The minimum atomic E-state index is -0.257. The molecule has 0 bridgehead atoms. The van der Waals surface area contributed by atoms with Crippen LogP contribution in [0, 0.1) is 13.8 Å². The highest BCUT2D eigenvalue weighted by molar-refractivity contribution is 5.15. The van der Waals surface area contributed by atoms with E-state index in [1.165, 1.54) is 0 Å².